The molecule has 0 bridgehead atoms. The maximum atomic E-state index is 10.7. The largest absolute Gasteiger partial charge is 0.481 e. The minimum Gasteiger partial charge on any atom is -0.481 e. The first kappa shape index (κ1) is 12.2. The third-order valence-electron chi connectivity index (χ3n) is 2.55. The summed E-state index contributed by atoms with van der Waals surface area (Å²) in [5, 5.41) is 16.9. The summed E-state index contributed by atoms with van der Waals surface area (Å²) in [6.07, 6.45) is 4.32. The quantitative estimate of drug-likeness (QED) is 0.806. The molecule has 1 aliphatic carbocycles. The molecule has 1 saturated carbocycles. The molecule has 4 nitrogen and oxygen atoms in total. The topological polar surface area (TPSA) is 63.1 Å². The molecule has 1 aromatic rings. The van der Waals surface area contributed by atoms with E-state index in [-0.39, 0.29) is 11.8 Å². The highest BCUT2D eigenvalue weighted by Gasteiger charge is 2.44. The van der Waals surface area contributed by atoms with Gasteiger partial charge in [-0.05, 0) is 24.5 Å². The van der Waals surface area contributed by atoms with Gasteiger partial charge in [0, 0.05) is 5.75 Å². The van der Waals surface area contributed by atoms with E-state index in [1.165, 1.54) is 0 Å². The van der Waals surface area contributed by atoms with Crippen LogP contribution in [0.1, 0.15) is 19.3 Å². The number of carboxylic acid groups (broad SMARTS) is 1. The minimum absolute atomic E-state index is 0.0295. The molecule has 16 heavy (non-hydrogen) atoms. The summed E-state index contributed by atoms with van der Waals surface area (Å²) in [7, 11) is 0. The molecule has 0 saturated heterocycles. The summed E-state index contributed by atoms with van der Waals surface area (Å²) in [4.78, 5) is 10.7. The number of aliphatic carboxylic acids is 1. The molecule has 1 fully saturated rings. The fourth-order valence-corrected chi connectivity index (χ4v) is 4.15. The Morgan fingerprint density at radius 3 is 2.69 bits per heavy atom. The maximum absolute atomic E-state index is 10.7. The number of carboxylic acids is 1. The fraction of sp³-hybridized carbons (Fsp3) is 0.667. The first-order chi connectivity index (χ1) is 7.63. The van der Waals surface area contributed by atoms with Crippen molar-refractivity contribution in [1.29, 1.82) is 0 Å². The van der Waals surface area contributed by atoms with Crippen LogP contribution in [0.15, 0.2) is 8.68 Å². The van der Waals surface area contributed by atoms with E-state index >= 15 is 0 Å². The van der Waals surface area contributed by atoms with E-state index < -0.39 is 5.97 Å². The molecule has 0 atom stereocenters. The first-order valence-corrected chi connectivity index (χ1v) is 7.88. The molecular formula is C9H12N2O2S3. The summed E-state index contributed by atoms with van der Waals surface area (Å²) >= 11 is 4.80. The van der Waals surface area contributed by atoms with Gasteiger partial charge in [0.2, 0.25) is 0 Å². The van der Waals surface area contributed by atoms with Gasteiger partial charge in [-0.15, -0.1) is 10.2 Å². The average Bonchev–Trinajstić information content (AvgIpc) is 2.83. The molecule has 1 aliphatic rings. The van der Waals surface area contributed by atoms with Crippen molar-refractivity contribution >= 4 is 40.8 Å². The van der Waals surface area contributed by atoms with Crippen molar-refractivity contribution in [3.05, 3.63) is 0 Å². The zero-order chi connectivity index (χ0) is 11.6. The van der Waals surface area contributed by atoms with Crippen LogP contribution in [0.3, 0.4) is 0 Å². The molecule has 0 aliphatic heterocycles. The SMILES string of the molecule is CSc1nnc(SCC2(CC(=O)O)CC2)s1. The lowest BCUT2D eigenvalue weighted by atomic mass is 10.1. The van der Waals surface area contributed by atoms with E-state index in [0.29, 0.717) is 0 Å². The lowest BCUT2D eigenvalue weighted by Gasteiger charge is -2.09. The number of hydrogen-bond acceptors (Lipinski definition) is 6. The molecule has 1 N–H and O–H groups in total. The number of hydrogen-bond donors (Lipinski definition) is 1. The van der Waals surface area contributed by atoms with Gasteiger partial charge in [-0.25, -0.2) is 0 Å². The van der Waals surface area contributed by atoms with E-state index in [1.54, 1.807) is 34.9 Å². The molecule has 0 aromatic carbocycles. The van der Waals surface area contributed by atoms with E-state index in [4.69, 9.17) is 5.11 Å². The van der Waals surface area contributed by atoms with Crippen LogP contribution in [-0.4, -0.2) is 33.3 Å². The van der Waals surface area contributed by atoms with Gasteiger partial charge in [0.15, 0.2) is 8.68 Å². The molecule has 7 heteroatoms. The number of carbonyl (C=O) groups is 1. The molecule has 0 radical (unpaired) electrons. The monoisotopic (exact) mass is 276 g/mol. The van der Waals surface area contributed by atoms with E-state index in [1.807, 2.05) is 6.26 Å². The highest BCUT2D eigenvalue weighted by atomic mass is 32.2. The highest BCUT2D eigenvalue weighted by Crippen LogP contribution is 2.52. The van der Waals surface area contributed by atoms with Gasteiger partial charge >= 0.3 is 5.97 Å². The Labute approximate surface area is 106 Å². The summed E-state index contributed by atoms with van der Waals surface area (Å²) in [5.41, 5.74) is 0.0295. The third-order valence-corrected chi connectivity index (χ3v) is 5.93. The molecular weight excluding hydrogens is 264 g/mol. The second kappa shape index (κ2) is 4.93. The van der Waals surface area contributed by atoms with E-state index in [9.17, 15) is 4.79 Å². The van der Waals surface area contributed by atoms with Crippen molar-refractivity contribution in [3.63, 3.8) is 0 Å². The van der Waals surface area contributed by atoms with Crippen LogP contribution in [0.4, 0.5) is 0 Å². The minimum atomic E-state index is -0.694. The van der Waals surface area contributed by atoms with Gasteiger partial charge in [-0.1, -0.05) is 34.9 Å². The van der Waals surface area contributed by atoms with Gasteiger partial charge in [-0.3, -0.25) is 4.79 Å². The van der Waals surface area contributed by atoms with Crippen LogP contribution in [0.5, 0.6) is 0 Å². The Bertz CT molecular complexity index is 390. The summed E-state index contributed by atoms with van der Waals surface area (Å²) in [6.45, 7) is 0. The van der Waals surface area contributed by atoms with E-state index in [2.05, 4.69) is 10.2 Å². The smallest absolute Gasteiger partial charge is 0.303 e. The lowest BCUT2D eigenvalue weighted by Crippen LogP contribution is -2.10. The molecule has 88 valence electrons. The van der Waals surface area contributed by atoms with Crippen LogP contribution in [-0.2, 0) is 4.79 Å². The number of aromatic nitrogens is 2. The molecule has 1 heterocycles. The van der Waals surface area contributed by atoms with Crippen molar-refractivity contribution in [2.24, 2.45) is 5.41 Å². The zero-order valence-corrected chi connectivity index (χ0v) is 11.3. The standard InChI is InChI=1S/C9H12N2O2S3/c1-14-7-10-11-8(16-7)15-5-9(2-3-9)4-6(12)13/h2-5H2,1H3,(H,12,13). The molecule has 1 aromatic heterocycles. The third kappa shape index (κ3) is 3.11. The Hall–Kier alpha value is -0.270. The number of rotatable bonds is 6. The van der Waals surface area contributed by atoms with Gasteiger partial charge in [0.05, 0.1) is 6.42 Å². The molecule has 0 spiro atoms. The lowest BCUT2D eigenvalue weighted by molar-refractivity contribution is -0.138. The van der Waals surface area contributed by atoms with Crippen molar-refractivity contribution < 1.29 is 9.90 Å². The van der Waals surface area contributed by atoms with Crippen molar-refractivity contribution in [2.45, 2.75) is 27.9 Å². The average molecular weight is 276 g/mol. The second-order valence-electron chi connectivity index (χ2n) is 3.90. The Morgan fingerprint density at radius 2 is 2.19 bits per heavy atom. The van der Waals surface area contributed by atoms with Crippen LogP contribution in [0.25, 0.3) is 0 Å². The Balaban J connectivity index is 1.85. The molecule has 2 rings (SSSR count). The Kier molecular flexibility index (Phi) is 3.76. The van der Waals surface area contributed by atoms with Gasteiger partial charge in [-0.2, -0.15) is 0 Å². The Morgan fingerprint density at radius 1 is 1.50 bits per heavy atom. The van der Waals surface area contributed by atoms with Crippen LogP contribution < -0.4 is 0 Å². The molecule has 0 unspecified atom stereocenters. The van der Waals surface area contributed by atoms with Crippen molar-refractivity contribution in [3.8, 4) is 0 Å². The highest BCUT2D eigenvalue weighted by molar-refractivity contribution is 8.03. The van der Waals surface area contributed by atoms with E-state index in [0.717, 1.165) is 27.3 Å². The van der Waals surface area contributed by atoms with Crippen molar-refractivity contribution in [2.75, 3.05) is 12.0 Å². The fourth-order valence-electron chi connectivity index (χ4n) is 1.42. The van der Waals surface area contributed by atoms with Gasteiger partial charge in [0.25, 0.3) is 0 Å². The zero-order valence-electron chi connectivity index (χ0n) is 8.80. The normalized spacial score (nSPS) is 17.3. The first-order valence-electron chi connectivity index (χ1n) is 4.86. The second-order valence-corrected chi connectivity index (χ2v) is 7.15. The van der Waals surface area contributed by atoms with Gasteiger partial charge in [0.1, 0.15) is 0 Å². The number of nitrogens with zero attached hydrogens (tertiary/aromatic N) is 2. The summed E-state index contributed by atoms with van der Waals surface area (Å²) in [6, 6.07) is 0. The van der Waals surface area contributed by atoms with Crippen LogP contribution in [0, 0.1) is 5.41 Å². The van der Waals surface area contributed by atoms with Crippen LogP contribution >= 0.6 is 34.9 Å². The predicted octanol–water partition coefficient (Wildman–Crippen LogP) is 2.61. The summed E-state index contributed by atoms with van der Waals surface area (Å²) in [5.74, 6) is 0.155. The summed E-state index contributed by atoms with van der Waals surface area (Å²) < 4.78 is 1.91. The van der Waals surface area contributed by atoms with Gasteiger partial charge < -0.3 is 5.11 Å². The number of thioether (sulfide) groups is 2. The van der Waals surface area contributed by atoms with Crippen molar-refractivity contribution in [1.82, 2.24) is 10.2 Å². The maximum Gasteiger partial charge on any atom is 0.303 e. The van der Waals surface area contributed by atoms with Crippen LogP contribution in [0.2, 0.25) is 0 Å². The molecule has 0 amide bonds. The predicted molar refractivity (Wildman–Crippen MR) is 66.3 cm³/mol.